The Kier molecular flexibility index (Phi) is 7.24. The van der Waals surface area contributed by atoms with Crippen molar-refractivity contribution in [3.63, 3.8) is 0 Å². The molecular formula is C22H21Cl2NO5. The van der Waals surface area contributed by atoms with E-state index in [1.54, 1.807) is 42.5 Å². The van der Waals surface area contributed by atoms with E-state index in [4.69, 9.17) is 37.2 Å². The molecule has 0 saturated heterocycles. The molecule has 158 valence electrons. The number of ether oxygens (including phenoxy) is 3. The van der Waals surface area contributed by atoms with Crippen molar-refractivity contribution in [2.45, 2.75) is 26.4 Å². The number of hydrogen-bond acceptors (Lipinski definition) is 6. The number of nitrogens with zero attached hydrogens (tertiary/aromatic N) is 1. The van der Waals surface area contributed by atoms with E-state index in [1.807, 2.05) is 13.8 Å². The molecule has 0 aliphatic heterocycles. The van der Waals surface area contributed by atoms with Gasteiger partial charge in [-0.2, -0.15) is 0 Å². The first-order chi connectivity index (χ1) is 14.4. The molecule has 0 bridgehead atoms. The maximum Gasteiger partial charge on any atom is 0.343 e. The van der Waals surface area contributed by atoms with E-state index in [9.17, 15) is 4.79 Å². The van der Waals surface area contributed by atoms with E-state index >= 15 is 0 Å². The van der Waals surface area contributed by atoms with Crippen LogP contribution in [-0.4, -0.2) is 24.8 Å². The summed E-state index contributed by atoms with van der Waals surface area (Å²) in [6.45, 7) is 4.08. The highest BCUT2D eigenvalue weighted by atomic mass is 35.5. The lowest BCUT2D eigenvalue weighted by Gasteiger charge is -2.11. The lowest BCUT2D eigenvalue weighted by Crippen LogP contribution is -2.12. The number of hydrogen-bond donors (Lipinski definition) is 0. The largest absolute Gasteiger partial charge is 0.489 e. The molecule has 1 heterocycles. The Hall–Kier alpha value is -2.70. The topological polar surface area (TPSA) is 70.8 Å². The van der Waals surface area contributed by atoms with Crippen molar-refractivity contribution in [2.75, 3.05) is 13.7 Å². The summed E-state index contributed by atoms with van der Waals surface area (Å²) in [6.07, 6.45) is 0. The summed E-state index contributed by atoms with van der Waals surface area (Å²) in [5, 5.41) is 5.19. The second kappa shape index (κ2) is 9.87. The number of benzene rings is 2. The van der Waals surface area contributed by atoms with Crippen LogP contribution in [0.5, 0.6) is 11.5 Å². The van der Waals surface area contributed by atoms with E-state index in [2.05, 4.69) is 9.89 Å². The van der Waals surface area contributed by atoms with Crippen LogP contribution in [0.25, 0.3) is 11.3 Å². The molecule has 0 spiro atoms. The van der Waals surface area contributed by atoms with Crippen LogP contribution in [0.15, 0.2) is 47.0 Å². The standard InChI is InChI=1S/C22H21Cl2NO5/c1-13(2)22-16(21(25-30-22)20-17(23)5-4-6-18(20)24)11-28-14-7-9-15(10-8-14)29-12-19(26)27-3/h4-10,13H,11-12H2,1-3H3. The smallest absolute Gasteiger partial charge is 0.343 e. The first-order valence-corrected chi connectivity index (χ1v) is 10.0. The monoisotopic (exact) mass is 449 g/mol. The van der Waals surface area contributed by atoms with E-state index in [1.165, 1.54) is 7.11 Å². The van der Waals surface area contributed by atoms with Gasteiger partial charge in [0.1, 0.15) is 29.6 Å². The minimum atomic E-state index is -0.449. The molecule has 0 radical (unpaired) electrons. The van der Waals surface area contributed by atoms with Crippen molar-refractivity contribution >= 4 is 29.2 Å². The molecule has 0 fully saturated rings. The predicted octanol–water partition coefficient (Wildman–Crippen LogP) is 5.90. The number of halogens is 2. The summed E-state index contributed by atoms with van der Waals surface area (Å²) in [4.78, 5) is 11.2. The Morgan fingerprint density at radius 3 is 2.20 bits per heavy atom. The van der Waals surface area contributed by atoms with Crippen molar-refractivity contribution in [1.29, 1.82) is 0 Å². The highest BCUT2D eigenvalue weighted by molar-refractivity contribution is 6.39. The van der Waals surface area contributed by atoms with E-state index in [0.717, 1.165) is 5.56 Å². The van der Waals surface area contributed by atoms with Crippen LogP contribution in [0.2, 0.25) is 10.0 Å². The summed E-state index contributed by atoms with van der Waals surface area (Å²) in [7, 11) is 1.31. The van der Waals surface area contributed by atoms with Gasteiger partial charge >= 0.3 is 5.97 Å². The number of methoxy groups -OCH3 is 1. The Morgan fingerprint density at radius 2 is 1.63 bits per heavy atom. The summed E-state index contributed by atoms with van der Waals surface area (Å²) >= 11 is 12.7. The third kappa shape index (κ3) is 5.07. The van der Waals surface area contributed by atoms with Gasteiger partial charge in [0, 0.05) is 11.5 Å². The van der Waals surface area contributed by atoms with Gasteiger partial charge in [-0.05, 0) is 36.4 Å². The highest BCUT2D eigenvalue weighted by Crippen LogP contribution is 2.38. The Labute approximate surface area is 184 Å². The Balaban J connectivity index is 1.80. The number of esters is 1. The number of carbonyl (C=O) groups excluding carboxylic acids is 1. The fourth-order valence-electron chi connectivity index (χ4n) is 2.82. The maximum atomic E-state index is 11.2. The van der Waals surface area contributed by atoms with Crippen LogP contribution in [0.3, 0.4) is 0 Å². The lowest BCUT2D eigenvalue weighted by atomic mass is 10.0. The van der Waals surface area contributed by atoms with E-state index in [-0.39, 0.29) is 19.1 Å². The summed E-state index contributed by atoms with van der Waals surface area (Å²) < 4.78 is 21.4. The van der Waals surface area contributed by atoms with Crippen molar-refractivity contribution in [2.24, 2.45) is 0 Å². The molecule has 0 saturated carbocycles. The summed E-state index contributed by atoms with van der Waals surface area (Å²) in [5.41, 5.74) is 1.96. The highest BCUT2D eigenvalue weighted by Gasteiger charge is 2.23. The van der Waals surface area contributed by atoms with Crippen LogP contribution in [0.4, 0.5) is 0 Å². The third-order valence-corrected chi connectivity index (χ3v) is 4.96. The van der Waals surface area contributed by atoms with Gasteiger partial charge in [-0.1, -0.05) is 48.3 Å². The molecular weight excluding hydrogens is 429 g/mol. The normalized spacial score (nSPS) is 10.9. The SMILES string of the molecule is COC(=O)COc1ccc(OCc2c(-c3c(Cl)cccc3Cl)noc2C(C)C)cc1. The lowest BCUT2D eigenvalue weighted by molar-refractivity contribution is -0.142. The molecule has 2 aromatic carbocycles. The molecule has 0 unspecified atom stereocenters. The molecule has 8 heteroatoms. The minimum Gasteiger partial charge on any atom is -0.489 e. The van der Waals surface area contributed by atoms with E-state index in [0.29, 0.717) is 38.6 Å². The fourth-order valence-corrected chi connectivity index (χ4v) is 3.40. The zero-order valence-electron chi connectivity index (χ0n) is 16.8. The van der Waals surface area contributed by atoms with Crippen LogP contribution in [0, 0.1) is 0 Å². The van der Waals surface area contributed by atoms with Crippen LogP contribution >= 0.6 is 23.2 Å². The molecule has 0 atom stereocenters. The molecule has 30 heavy (non-hydrogen) atoms. The van der Waals surface area contributed by atoms with Gasteiger partial charge in [0.25, 0.3) is 0 Å². The molecule has 0 aliphatic carbocycles. The minimum absolute atomic E-state index is 0.0974. The molecule has 6 nitrogen and oxygen atoms in total. The molecule has 0 amide bonds. The van der Waals surface area contributed by atoms with Crippen molar-refractivity contribution in [3.8, 4) is 22.8 Å². The van der Waals surface area contributed by atoms with Gasteiger partial charge in [0.15, 0.2) is 6.61 Å². The zero-order chi connectivity index (χ0) is 21.7. The van der Waals surface area contributed by atoms with Gasteiger partial charge in [-0.15, -0.1) is 0 Å². The second-order valence-corrected chi connectivity index (χ2v) is 7.56. The van der Waals surface area contributed by atoms with Crippen LogP contribution in [-0.2, 0) is 16.1 Å². The predicted molar refractivity (Wildman–Crippen MR) is 114 cm³/mol. The summed E-state index contributed by atoms with van der Waals surface area (Å²) in [5.74, 6) is 1.51. The third-order valence-electron chi connectivity index (χ3n) is 4.33. The maximum absolute atomic E-state index is 11.2. The van der Waals surface area contributed by atoms with Crippen molar-refractivity contribution in [3.05, 3.63) is 63.8 Å². The van der Waals surface area contributed by atoms with Crippen molar-refractivity contribution in [1.82, 2.24) is 5.16 Å². The van der Waals surface area contributed by atoms with Gasteiger partial charge in [0.2, 0.25) is 0 Å². The first kappa shape index (κ1) is 22.0. The van der Waals surface area contributed by atoms with E-state index < -0.39 is 5.97 Å². The average molecular weight is 450 g/mol. The van der Waals surface area contributed by atoms with Gasteiger partial charge < -0.3 is 18.7 Å². The average Bonchev–Trinajstić information content (AvgIpc) is 3.15. The molecule has 3 rings (SSSR count). The van der Waals surface area contributed by atoms with Crippen LogP contribution in [0.1, 0.15) is 31.1 Å². The Bertz CT molecular complexity index is 995. The fraction of sp³-hybridized carbons (Fsp3) is 0.273. The quantitative estimate of drug-likeness (QED) is 0.398. The Morgan fingerprint density at radius 1 is 1.03 bits per heavy atom. The van der Waals surface area contributed by atoms with Crippen LogP contribution < -0.4 is 9.47 Å². The number of rotatable bonds is 8. The molecule has 3 aromatic rings. The molecule has 0 N–H and O–H groups in total. The van der Waals surface area contributed by atoms with Gasteiger partial charge in [-0.3, -0.25) is 0 Å². The second-order valence-electron chi connectivity index (χ2n) is 6.75. The summed E-state index contributed by atoms with van der Waals surface area (Å²) in [6, 6.07) is 12.2. The molecule has 1 aromatic heterocycles. The number of carbonyl (C=O) groups is 1. The van der Waals surface area contributed by atoms with Crippen molar-refractivity contribution < 1.29 is 23.5 Å². The molecule has 0 aliphatic rings. The number of aromatic nitrogens is 1. The first-order valence-electron chi connectivity index (χ1n) is 9.26. The zero-order valence-corrected chi connectivity index (χ0v) is 18.3. The van der Waals surface area contributed by atoms with Gasteiger partial charge in [-0.25, -0.2) is 4.79 Å². The van der Waals surface area contributed by atoms with Gasteiger partial charge in [0.05, 0.1) is 22.7 Å².